The third-order valence-corrected chi connectivity index (χ3v) is 3.59. The molecule has 3 nitrogen and oxygen atoms in total. The van der Waals surface area contributed by atoms with Crippen molar-refractivity contribution in [1.82, 2.24) is 0 Å². The Kier molecular flexibility index (Phi) is 5.16. The van der Waals surface area contributed by atoms with Crippen molar-refractivity contribution in [2.75, 3.05) is 19.8 Å². The van der Waals surface area contributed by atoms with Gasteiger partial charge in [0.2, 0.25) is 0 Å². The predicted octanol–water partition coefficient (Wildman–Crippen LogP) is 2.84. The van der Waals surface area contributed by atoms with E-state index in [1.807, 2.05) is 6.07 Å². The molecule has 0 aliphatic carbocycles. The zero-order chi connectivity index (χ0) is 13.7. The van der Waals surface area contributed by atoms with Gasteiger partial charge in [0, 0.05) is 12.8 Å². The molecule has 0 bridgehead atoms. The Hall–Kier alpha value is -1.13. The molecule has 1 aliphatic heterocycles. The molecule has 1 atom stereocenters. The summed E-state index contributed by atoms with van der Waals surface area (Å²) in [6.45, 7) is 4.06. The van der Waals surface area contributed by atoms with E-state index in [-0.39, 0.29) is 17.8 Å². The molecule has 0 aromatic heterocycles. The number of hydrogen-bond acceptors (Lipinski definition) is 3. The largest absolute Gasteiger partial charge is 0.487 e. The van der Waals surface area contributed by atoms with Crippen LogP contribution in [0.5, 0.6) is 5.75 Å². The van der Waals surface area contributed by atoms with Gasteiger partial charge in [-0.1, -0.05) is 13.0 Å². The number of halogens is 1. The molecule has 19 heavy (non-hydrogen) atoms. The molecule has 0 saturated carbocycles. The fourth-order valence-electron chi connectivity index (χ4n) is 2.31. The minimum absolute atomic E-state index is 0.0653. The van der Waals surface area contributed by atoms with Crippen LogP contribution in [-0.4, -0.2) is 25.9 Å². The van der Waals surface area contributed by atoms with E-state index < -0.39 is 0 Å². The Bertz CT molecular complexity index is 405. The normalized spacial score (nSPS) is 18.3. The van der Waals surface area contributed by atoms with Crippen LogP contribution in [-0.2, 0) is 4.74 Å². The van der Waals surface area contributed by atoms with Crippen LogP contribution in [0.25, 0.3) is 0 Å². The molecule has 0 amide bonds. The minimum atomic E-state index is -0.284. The average Bonchev–Trinajstić information content (AvgIpc) is 2.42. The van der Waals surface area contributed by atoms with Crippen LogP contribution in [0.1, 0.15) is 37.7 Å². The van der Waals surface area contributed by atoms with Gasteiger partial charge in [-0.05, 0) is 36.6 Å². The van der Waals surface area contributed by atoms with Crippen LogP contribution in [0.4, 0.5) is 4.39 Å². The second kappa shape index (κ2) is 6.87. The van der Waals surface area contributed by atoms with E-state index >= 15 is 0 Å². The molecule has 2 N–H and O–H groups in total. The molecule has 1 aliphatic rings. The molecule has 1 saturated heterocycles. The van der Waals surface area contributed by atoms with E-state index in [0.29, 0.717) is 25.5 Å². The van der Waals surface area contributed by atoms with Gasteiger partial charge in [-0.25, -0.2) is 4.39 Å². The summed E-state index contributed by atoms with van der Waals surface area (Å²) in [4.78, 5) is 0. The summed E-state index contributed by atoms with van der Waals surface area (Å²) < 4.78 is 25.0. The summed E-state index contributed by atoms with van der Waals surface area (Å²) in [5.41, 5.74) is 6.50. The van der Waals surface area contributed by atoms with Crippen molar-refractivity contribution in [1.29, 1.82) is 0 Å². The third kappa shape index (κ3) is 3.91. The number of ether oxygens (including phenoxy) is 2. The summed E-state index contributed by atoms with van der Waals surface area (Å²) in [6, 6.07) is 5.22. The molecule has 1 heterocycles. The standard InChI is InChI=1S/C15H22FNO2/c1-11(4-7-17)12-2-3-15(14(16)10-12)19-13-5-8-18-9-6-13/h2-3,10-11,13H,4-9,17H2,1H3. The molecule has 0 spiro atoms. The summed E-state index contributed by atoms with van der Waals surface area (Å²) in [6.07, 6.45) is 2.57. The monoisotopic (exact) mass is 267 g/mol. The summed E-state index contributed by atoms with van der Waals surface area (Å²) in [5, 5.41) is 0. The van der Waals surface area contributed by atoms with Gasteiger partial charge in [0.15, 0.2) is 11.6 Å². The van der Waals surface area contributed by atoms with E-state index in [1.54, 1.807) is 12.1 Å². The average molecular weight is 267 g/mol. The number of hydrogen-bond donors (Lipinski definition) is 1. The minimum Gasteiger partial charge on any atom is -0.487 e. The summed E-state index contributed by atoms with van der Waals surface area (Å²) >= 11 is 0. The summed E-state index contributed by atoms with van der Waals surface area (Å²) in [7, 11) is 0. The highest BCUT2D eigenvalue weighted by atomic mass is 19.1. The second-order valence-electron chi connectivity index (χ2n) is 5.10. The first-order valence-corrected chi connectivity index (χ1v) is 6.94. The van der Waals surface area contributed by atoms with Crippen LogP contribution in [0.15, 0.2) is 18.2 Å². The molecular weight excluding hydrogens is 245 g/mol. The van der Waals surface area contributed by atoms with Gasteiger partial charge in [0.05, 0.1) is 13.2 Å². The predicted molar refractivity (Wildman–Crippen MR) is 73.0 cm³/mol. The van der Waals surface area contributed by atoms with Crippen molar-refractivity contribution in [2.24, 2.45) is 5.73 Å². The fraction of sp³-hybridized carbons (Fsp3) is 0.600. The van der Waals surface area contributed by atoms with Crippen molar-refractivity contribution < 1.29 is 13.9 Å². The van der Waals surface area contributed by atoms with Gasteiger partial charge < -0.3 is 15.2 Å². The van der Waals surface area contributed by atoms with Crippen LogP contribution in [0.2, 0.25) is 0 Å². The smallest absolute Gasteiger partial charge is 0.165 e. The third-order valence-electron chi connectivity index (χ3n) is 3.59. The molecule has 1 fully saturated rings. The maximum absolute atomic E-state index is 14.0. The lowest BCUT2D eigenvalue weighted by Crippen LogP contribution is -2.26. The lowest BCUT2D eigenvalue weighted by atomic mass is 9.97. The first kappa shape index (κ1) is 14.3. The van der Waals surface area contributed by atoms with Crippen LogP contribution >= 0.6 is 0 Å². The van der Waals surface area contributed by atoms with Gasteiger partial charge in [0.25, 0.3) is 0 Å². The van der Waals surface area contributed by atoms with Gasteiger partial charge in [-0.3, -0.25) is 0 Å². The van der Waals surface area contributed by atoms with Crippen molar-refractivity contribution in [3.63, 3.8) is 0 Å². The zero-order valence-corrected chi connectivity index (χ0v) is 11.4. The first-order valence-electron chi connectivity index (χ1n) is 6.94. The highest BCUT2D eigenvalue weighted by molar-refractivity contribution is 5.31. The molecule has 1 unspecified atom stereocenters. The molecule has 2 rings (SSSR count). The lowest BCUT2D eigenvalue weighted by Gasteiger charge is -2.23. The van der Waals surface area contributed by atoms with Crippen LogP contribution in [0, 0.1) is 5.82 Å². The SMILES string of the molecule is CC(CCN)c1ccc(OC2CCOCC2)c(F)c1. The molecule has 1 aromatic rings. The van der Waals surface area contributed by atoms with E-state index in [4.69, 9.17) is 15.2 Å². The van der Waals surface area contributed by atoms with Crippen molar-refractivity contribution in [3.05, 3.63) is 29.6 Å². The van der Waals surface area contributed by atoms with Crippen LogP contribution < -0.4 is 10.5 Å². The summed E-state index contributed by atoms with van der Waals surface area (Å²) in [5.74, 6) is 0.333. The highest BCUT2D eigenvalue weighted by Crippen LogP contribution is 2.26. The quantitative estimate of drug-likeness (QED) is 0.892. The molecule has 106 valence electrons. The number of rotatable bonds is 5. The molecule has 0 radical (unpaired) electrons. The maximum Gasteiger partial charge on any atom is 0.165 e. The molecule has 4 heteroatoms. The van der Waals surface area contributed by atoms with Crippen molar-refractivity contribution >= 4 is 0 Å². The maximum atomic E-state index is 14.0. The Morgan fingerprint density at radius 3 is 2.79 bits per heavy atom. The Labute approximate surface area is 113 Å². The Morgan fingerprint density at radius 2 is 2.16 bits per heavy atom. The second-order valence-corrected chi connectivity index (χ2v) is 5.10. The highest BCUT2D eigenvalue weighted by Gasteiger charge is 2.17. The Balaban J connectivity index is 2.01. The van der Waals surface area contributed by atoms with Crippen LogP contribution in [0.3, 0.4) is 0 Å². The number of benzene rings is 1. The lowest BCUT2D eigenvalue weighted by molar-refractivity contribution is 0.0240. The molecule has 1 aromatic carbocycles. The van der Waals surface area contributed by atoms with Crippen molar-refractivity contribution in [3.8, 4) is 5.75 Å². The Morgan fingerprint density at radius 1 is 1.42 bits per heavy atom. The van der Waals surface area contributed by atoms with E-state index in [2.05, 4.69) is 6.92 Å². The zero-order valence-electron chi connectivity index (χ0n) is 11.4. The number of nitrogens with two attached hydrogens (primary N) is 1. The van der Waals surface area contributed by atoms with Gasteiger partial charge in [-0.15, -0.1) is 0 Å². The van der Waals surface area contributed by atoms with E-state index in [9.17, 15) is 4.39 Å². The van der Waals surface area contributed by atoms with Gasteiger partial charge >= 0.3 is 0 Å². The van der Waals surface area contributed by atoms with Gasteiger partial charge in [0.1, 0.15) is 6.10 Å². The van der Waals surface area contributed by atoms with Gasteiger partial charge in [-0.2, -0.15) is 0 Å². The van der Waals surface area contributed by atoms with E-state index in [0.717, 1.165) is 24.8 Å². The first-order chi connectivity index (χ1) is 9.20. The fourth-order valence-corrected chi connectivity index (χ4v) is 2.31. The van der Waals surface area contributed by atoms with E-state index in [1.165, 1.54) is 0 Å². The topological polar surface area (TPSA) is 44.5 Å². The van der Waals surface area contributed by atoms with Crippen molar-refractivity contribution in [2.45, 2.75) is 38.2 Å². The molecular formula is C15H22FNO2.